The fourth-order valence-electron chi connectivity index (χ4n) is 2.17. The molecule has 1 unspecified atom stereocenters. The Morgan fingerprint density at radius 3 is 2.29 bits per heavy atom. The lowest BCUT2D eigenvalue weighted by Crippen LogP contribution is -2.39. The van der Waals surface area contributed by atoms with Crippen LogP contribution >= 0.6 is 53.9 Å². The topological polar surface area (TPSA) is 48.0 Å². The van der Waals surface area contributed by atoms with Gasteiger partial charge in [0, 0.05) is 20.2 Å². The minimum Gasteiger partial charge on any atom is -0.376 e. The fourth-order valence-corrected chi connectivity index (χ4v) is 5.67. The van der Waals surface area contributed by atoms with E-state index in [0.29, 0.717) is 13.1 Å². The average molecular weight is 403 g/mol. The lowest BCUT2D eigenvalue weighted by molar-refractivity contribution is 0.0213. The molecule has 0 radical (unpaired) electrons. The maximum Gasteiger partial charge on any atom is 0.323 e. The van der Waals surface area contributed by atoms with Gasteiger partial charge in [-0.1, -0.05) is 48.7 Å². The summed E-state index contributed by atoms with van der Waals surface area (Å²) in [6, 6.07) is 0. The van der Waals surface area contributed by atoms with Crippen molar-refractivity contribution in [2.75, 3.05) is 32.7 Å². The maximum atomic E-state index is 13.2. The highest BCUT2D eigenvalue weighted by Crippen LogP contribution is 2.69. The van der Waals surface area contributed by atoms with E-state index in [9.17, 15) is 4.57 Å². The monoisotopic (exact) mass is 401 g/mol. The van der Waals surface area contributed by atoms with Gasteiger partial charge in [0.2, 0.25) is 0 Å². The Balaban J connectivity index is 3.08. The molecule has 1 aliphatic heterocycles. The molecular weight excluding hydrogens is 383 g/mol. The first-order valence-corrected chi connectivity index (χ1v) is 9.80. The van der Waals surface area contributed by atoms with Crippen molar-refractivity contribution in [1.29, 1.82) is 0 Å². The van der Waals surface area contributed by atoms with Gasteiger partial charge in [-0.3, -0.25) is 4.57 Å². The van der Waals surface area contributed by atoms with E-state index >= 15 is 0 Å². The van der Waals surface area contributed by atoms with Gasteiger partial charge in [-0.25, -0.2) is 4.67 Å². The summed E-state index contributed by atoms with van der Waals surface area (Å²) in [7, 11) is -2.24. The van der Waals surface area contributed by atoms with E-state index in [1.54, 1.807) is 0 Å². The Morgan fingerprint density at radius 2 is 1.90 bits per heavy atom. The van der Waals surface area contributed by atoms with E-state index in [4.69, 9.17) is 60.4 Å². The van der Waals surface area contributed by atoms with Crippen molar-refractivity contribution in [3.63, 3.8) is 0 Å². The van der Waals surface area contributed by atoms with Crippen LogP contribution in [0.1, 0.15) is 13.8 Å². The van der Waals surface area contributed by atoms with Crippen LogP contribution in [-0.4, -0.2) is 59.2 Å². The number of alkyl halides is 4. The summed E-state index contributed by atoms with van der Waals surface area (Å²) >= 11 is 23.7. The van der Waals surface area contributed by atoms with Gasteiger partial charge in [0.05, 0.1) is 12.5 Å². The molecule has 1 fully saturated rings. The SMILES string of the molecule is CCN(CC)P(=O)(O[C@@H]1[C@H](CCl)OC[C@H]1OC)C(Cl)(Cl)Cl. The van der Waals surface area contributed by atoms with Crippen molar-refractivity contribution in [1.82, 2.24) is 4.67 Å². The summed E-state index contributed by atoms with van der Waals surface area (Å²) in [6.07, 6.45) is -1.53. The molecule has 4 atom stereocenters. The smallest absolute Gasteiger partial charge is 0.323 e. The number of hydrogen-bond donors (Lipinski definition) is 0. The number of halogens is 4. The molecule has 5 nitrogen and oxygen atoms in total. The highest BCUT2D eigenvalue weighted by Gasteiger charge is 2.54. The molecule has 0 bridgehead atoms. The molecule has 1 rings (SSSR count). The molecule has 0 aliphatic carbocycles. The molecule has 1 heterocycles. The molecule has 0 spiro atoms. The summed E-state index contributed by atoms with van der Waals surface area (Å²) in [5.74, 6) is 0.169. The van der Waals surface area contributed by atoms with Crippen LogP contribution in [0.15, 0.2) is 0 Å². The van der Waals surface area contributed by atoms with Crippen molar-refractivity contribution in [3.8, 4) is 0 Å². The first kappa shape index (κ1) is 20.3. The second kappa shape index (κ2) is 8.36. The molecule has 10 heteroatoms. The lowest BCUT2D eigenvalue weighted by atomic mass is 10.2. The first-order chi connectivity index (χ1) is 9.75. The molecule has 0 N–H and O–H groups in total. The summed E-state index contributed by atoms with van der Waals surface area (Å²) in [5, 5.41) is 0. The Morgan fingerprint density at radius 1 is 1.33 bits per heavy atom. The zero-order valence-electron chi connectivity index (χ0n) is 12.1. The normalized spacial score (nSPS) is 29.8. The third kappa shape index (κ3) is 4.40. The largest absolute Gasteiger partial charge is 0.376 e. The van der Waals surface area contributed by atoms with Crippen LogP contribution in [0.2, 0.25) is 0 Å². The van der Waals surface area contributed by atoms with Crippen LogP contribution < -0.4 is 0 Å². The highest BCUT2D eigenvalue weighted by atomic mass is 35.6. The van der Waals surface area contributed by atoms with E-state index < -0.39 is 29.4 Å². The van der Waals surface area contributed by atoms with Crippen LogP contribution in [0, 0.1) is 0 Å². The van der Waals surface area contributed by atoms with Crippen LogP contribution in [-0.2, 0) is 18.6 Å². The van der Waals surface area contributed by atoms with E-state index in [2.05, 4.69) is 0 Å². The van der Waals surface area contributed by atoms with Gasteiger partial charge in [0.15, 0.2) is 0 Å². The van der Waals surface area contributed by atoms with Crippen molar-refractivity contribution < 1.29 is 18.6 Å². The van der Waals surface area contributed by atoms with Crippen LogP contribution in [0.3, 0.4) is 0 Å². The van der Waals surface area contributed by atoms with Crippen molar-refractivity contribution in [2.24, 2.45) is 0 Å². The van der Waals surface area contributed by atoms with Crippen LogP contribution in [0.4, 0.5) is 0 Å². The summed E-state index contributed by atoms with van der Waals surface area (Å²) in [5.41, 5.74) is 0. The van der Waals surface area contributed by atoms with Gasteiger partial charge in [0.1, 0.15) is 18.3 Å². The highest BCUT2D eigenvalue weighted by molar-refractivity contribution is 7.65. The zero-order valence-corrected chi connectivity index (χ0v) is 16.0. The minimum absolute atomic E-state index is 0.169. The molecule has 0 aromatic heterocycles. The van der Waals surface area contributed by atoms with Gasteiger partial charge < -0.3 is 14.0 Å². The summed E-state index contributed by atoms with van der Waals surface area (Å²) in [6.45, 7) is 4.75. The Hall–Kier alpha value is 1.23. The quantitative estimate of drug-likeness (QED) is 0.477. The zero-order chi connectivity index (χ0) is 16.3. The van der Waals surface area contributed by atoms with Gasteiger partial charge in [0.25, 0.3) is 3.53 Å². The first-order valence-electron chi connectivity index (χ1n) is 6.56. The molecular formula is C11H20Cl4NO4P. The molecule has 0 aromatic rings. The number of rotatable bonds is 7. The number of methoxy groups -OCH3 is 1. The third-order valence-corrected chi connectivity index (χ3v) is 8.06. The maximum absolute atomic E-state index is 13.2. The number of nitrogens with zero attached hydrogens (tertiary/aromatic N) is 1. The summed E-state index contributed by atoms with van der Waals surface area (Å²) < 4.78 is 29.2. The molecule has 0 amide bonds. The van der Waals surface area contributed by atoms with E-state index in [1.165, 1.54) is 11.8 Å². The van der Waals surface area contributed by atoms with Crippen LogP contribution in [0.25, 0.3) is 0 Å². The van der Waals surface area contributed by atoms with Crippen molar-refractivity contribution in [3.05, 3.63) is 0 Å². The standard InChI is InChI=1S/C11H20Cl4NO4P/c1-4-16(5-2)21(17,11(13,14)15)20-10-8(6-12)19-7-9(10)18-3/h8-10H,4-7H2,1-3H3/t8-,9+,10+,21?/m0/s1. The molecule has 0 aromatic carbocycles. The van der Waals surface area contributed by atoms with Crippen molar-refractivity contribution >= 4 is 53.9 Å². The predicted octanol–water partition coefficient (Wildman–Crippen LogP) is 3.89. The fraction of sp³-hybridized carbons (Fsp3) is 1.00. The second-order valence-electron chi connectivity index (χ2n) is 4.50. The molecule has 21 heavy (non-hydrogen) atoms. The lowest BCUT2D eigenvalue weighted by Gasteiger charge is -2.37. The van der Waals surface area contributed by atoms with Gasteiger partial charge in [-0.05, 0) is 0 Å². The van der Waals surface area contributed by atoms with E-state index in [-0.39, 0.29) is 12.5 Å². The Labute approximate surface area is 145 Å². The number of hydrogen-bond acceptors (Lipinski definition) is 4. The number of ether oxygens (including phenoxy) is 2. The minimum atomic E-state index is -3.75. The molecule has 126 valence electrons. The molecule has 0 saturated carbocycles. The third-order valence-electron chi connectivity index (χ3n) is 3.35. The Bertz CT molecular complexity index is 366. The summed E-state index contributed by atoms with van der Waals surface area (Å²) in [4.78, 5) is 0. The van der Waals surface area contributed by atoms with Gasteiger partial charge >= 0.3 is 7.52 Å². The van der Waals surface area contributed by atoms with E-state index in [0.717, 1.165) is 0 Å². The van der Waals surface area contributed by atoms with Gasteiger partial charge in [-0.2, -0.15) is 0 Å². The van der Waals surface area contributed by atoms with Crippen molar-refractivity contribution in [2.45, 2.75) is 35.7 Å². The Kier molecular flexibility index (Phi) is 8.08. The molecule has 1 aliphatic rings. The predicted molar refractivity (Wildman–Crippen MR) is 86.9 cm³/mol. The average Bonchev–Trinajstić information content (AvgIpc) is 2.80. The van der Waals surface area contributed by atoms with Gasteiger partial charge in [-0.15, -0.1) is 11.6 Å². The second-order valence-corrected chi connectivity index (χ2v) is 10.4. The van der Waals surface area contributed by atoms with Crippen LogP contribution in [0.5, 0.6) is 0 Å². The van der Waals surface area contributed by atoms with E-state index in [1.807, 2.05) is 13.8 Å². The molecule has 1 saturated heterocycles.